The van der Waals surface area contributed by atoms with Gasteiger partial charge in [-0.2, -0.15) is 0 Å². The summed E-state index contributed by atoms with van der Waals surface area (Å²) in [6, 6.07) is 9.10. The molecule has 2 aromatic heterocycles. The summed E-state index contributed by atoms with van der Waals surface area (Å²) >= 11 is 0. The molecule has 21 heavy (non-hydrogen) atoms. The zero-order chi connectivity index (χ0) is 15.2. The lowest BCUT2D eigenvalue weighted by molar-refractivity contribution is 0.102. The minimum absolute atomic E-state index is 0.232. The van der Waals surface area contributed by atoms with Gasteiger partial charge >= 0.3 is 0 Å². The molecule has 2 N–H and O–H groups in total. The number of pyridine rings is 2. The second-order valence-corrected chi connectivity index (χ2v) is 4.87. The van der Waals surface area contributed by atoms with Crippen LogP contribution in [0.25, 0.3) is 0 Å². The Morgan fingerprint density at radius 3 is 2.67 bits per heavy atom. The summed E-state index contributed by atoms with van der Waals surface area (Å²) in [5.41, 5.74) is 2.81. The maximum absolute atomic E-state index is 12.2. The lowest BCUT2D eigenvalue weighted by Gasteiger charge is -2.09. The third-order valence-electron chi connectivity index (χ3n) is 3.01. The number of aromatic nitrogens is 2. The molecule has 2 aromatic rings. The standard InChI is InChI=1S/C16H20N4O/c1-4-10-17-15-7-5-6-14(19-15)16(21)20-13-9-8-11(2)18-12(13)3/h5-9H,4,10H2,1-3H3,(H,17,19)(H,20,21). The minimum Gasteiger partial charge on any atom is -0.370 e. The summed E-state index contributed by atoms with van der Waals surface area (Å²) in [6.45, 7) is 6.70. The summed E-state index contributed by atoms with van der Waals surface area (Å²) in [4.78, 5) is 20.9. The Morgan fingerprint density at radius 2 is 1.95 bits per heavy atom. The second-order valence-electron chi connectivity index (χ2n) is 4.87. The summed E-state index contributed by atoms with van der Waals surface area (Å²) in [7, 11) is 0. The zero-order valence-electron chi connectivity index (χ0n) is 12.6. The molecule has 0 spiro atoms. The Morgan fingerprint density at radius 1 is 1.14 bits per heavy atom. The Hall–Kier alpha value is -2.43. The van der Waals surface area contributed by atoms with Crippen molar-refractivity contribution in [3.63, 3.8) is 0 Å². The van der Waals surface area contributed by atoms with E-state index in [1.165, 1.54) is 0 Å². The lowest BCUT2D eigenvalue weighted by atomic mass is 10.2. The van der Waals surface area contributed by atoms with Crippen molar-refractivity contribution < 1.29 is 4.79 Å². The molecular weight excluding hydrogens is 264 g/mol. The Bertz CT molecular complexity index is 640. The van der Waals surface area contributed by atoms with E-state index in [0.717, 1.165) is 24.4 Å². The van der Waals surface area contributed by atoms with E-state index in [4.69, 9.17) is 0 Å². The fourth-order valence-electron chi connectivity index (χ4n) is 1.92. The molecule has 0 bridgehead atoms. The number of hydrogen-bond donors (Lipinski definition) is 2. The van der Waals surface area contributed by atoms with Gasteiger partial charge in [-0.05, 0) is 44.5 Å². The van der Waals surface area contributed by atoms with Crippen molar-refractivity contribution in [3.8, 4) is 0 Å². The SMILES string of the molecule is CCCNc1cccc(C(=O)Nc2ccc(C)nc2C)n1. The van der Waals surface area contributed by atoms with Crippen LogP contribution < -0.4 is 10.6 Å². The number of hydrogen-bond acceptors (Lipinski definition) is 4. The first-order valence-corrected chi connectivity index (χ1v) is 7.06. The van der Waals surface area contributed by atoms with E-state index in [2.05, 4.69) is 27.5 Å². The number of amides is 1. The average molecular weight is 284 g/mol. The van der Waals surface area contributed by atoms with Gasteiger partial charge in [0.25, 0.3) is 5.91 Å². The molecule has 5 heteroatoms. The first kappa shape index (κ1) is 15.0. The molecule has 0 aliphatic rings. The van der Waals surface area contributed by atoms with Crippen LogP contribution in [-0.4, -0.2) is 22.4 Å². The highest BCUT2D eigenvalue weighted by atomic mass is 16.1. The van der Waals surface area contributed by atoms with Crippen molar-refractivity contribution in [2.24, 2.45) is 0 Å². The largest absolute Gasteiger partial charge is 0.370 e. The van der Waals surface area contributed by atoms with E-state index >= 15 is 0 Å². The van der Waals surface area contributed by atoms with Crippen LogP contribution in [0.3, 0.4) is 0 Å². The maximum Gasteiger partial charge on any atom is 0.274 e. The summed E-state index contributed by atoms with van der Waals surface area (Å²) in [5.74, 6) is 0.479. The topological polar surface area (TPSA) is 66.9 Å². The van der Waals surface area contributed by atoms with Gasteiger partial charge in [-0.25, -0.2) is 4.98 Å². The van der Waals surface area contributed by atoms with Gasteiger partial charge in [0.2, 0.25) is 0 Å². The van der Waals surface area contributed by atoms with Gasteiger partial charge in [-0.15, -0.1) is 0 Å². The molecule has 110 valence electrons. The normalized spacial score (nSPS) is 10.2. The van der Waals surface area contributed by atoms with Gasteiger partial charge in [0.05, 0.1) is 11.4 Å². The van der Waals surface area contributed by atoms with Crippen LogP contribution in [-0.2, 0) is 0 Å². The van der Waals surface area contributed by atoms with E-state index in [1.807, 2.05) is 38.1 Å². The summed E-state index contributed by atoms with van der Waals surface area (Å²) < 4.78 is 0. The molecule has 0 aliphatic heterocycles. The Kier molecular flexibility index (Phi) is 4.87. The number of nitrogens with zero attached hydrogens (tertiary/aromatic N) is 2. The predicted octanol–water partition coefficient (Wildman–Crippen LogP) is 3.17. The van der Waals surface area contributed by atoms with Gasteiger partial charge in [0, 0.05) is 12.2 Å². The molecule has 0 radical (unpaired) electrons. The Balaban J connectivity index is 2.12. The van der Waals surface area contributed by atoms with Crippen LogP contribution in [0.2, 0.25) is 0 Å². The van der Waals surface area contributed by atoms with E-state index in [1.54, 1.807) is 6.07 Å². The fourth-order valence-corrected chi connectivity index (χ4v) is 1.92. The molecule has 0 aliphatic carbocycles. The lowest BCUT2D eigenvalue weighted by Crippen LogP contribution is -2.16. The van der Waals surface area contributed by atoms with Crippen molar-refractivity contribution >= 4 is 17.4 Å². The van der Waals surface area contributed by atoms with E-state index in [-0.39, 0.29) is 5.91 Å². The van der Waals surface area contributed by atoms with Crippen molar-refractivity contribution in [1.82, 2.24) is 9.97 Å². The van der Waals surface area contributed by atoms with Crippen LogP contribution in [0.1, 0.15) is 35.2 Å². The molecule has 5 nitrogen and oxygen atoms in total. The van der Waals surface area contributed by atoms with Crippen molar-refractivity contribution in [3.05, 3.63) is 47.4 Å². The Labute approximate surface area is 124 Å². The molecule has 0 unspecified atom stereocenters. The molecule has 0 atom stereocenters. The smallest absolute Gasteiger partial charge is 0.274 e. The van der Waals surface area contributed by atoms with Crippen LogP contribution in [0.5, 0.6) is 0 Å². The number of carbonyl (C=O) groups excluding carboxylic acids is 1. The monoisotopic (exact) mass is 284 g/mol. The van der Waals surface area contributed by atoms with Gasteiger partial charge in [-0.1, -0.05) is 13.0 Å². The third-order valence-corrected chi connectivity index (χ3v) is 3.01. The molecule has 0 saturated carbocycles. The van der Waals surface area contributed by atoms with Gasteiger partial charge in [-0.3, -0.25) is 9.78 Å². The van der Waals surface area contributed by atoms with Gasteiger partial charge in [0.15, 0.2) is 0 Å². The number of anilines is 2. The molecule has 2 heterocycles. The van der Waals surface area contributed by atoms with Gasteiger partial charge in [0.1, 0.15) is 11.5 Å². The average Bonchev–Trinajstić information content (AvgIpc) is 2.48. The van der Waals surface area contributed by atoms with Crippen molar-refractivity contribution in [2.45, 2.75) is 27.2 Å². The zero-order valence-corrected chi connectivity index (χ0v) is 12.6. The predicted molar refractivity (Wildman–Crippen MR) is 84.7 cm³/mol. The highest BCUT2D eigenvalue weighted by Gasteiger charge is 2.10. The first-order chi connectivity index (χ1) is 10.1. The number of rotatable bonds is 5. The minimum atomic E-state index is -0.232. The molecule has 2 rings (SSSR count). The van der Waals surface area contributed by atoms with Crippen molar-refractivity contribution in [2.75, 3.05) is 17.2 Å². The maximum atomic E-state index is 12.2. The molecule has 0 aromatic carbocycles. The highest BCUT2D eigenvalue weighted by molar-refractivity contribution is 6.03. The molecular formula is C16H20N4O. The number of aryl methyl sites for hydroxylation is 2. The molecule has 0 saturated heterocycles. The van der Waals surface area contributed by atoms with E-state index in [9.17, 15) is 4.79 Å². The quantitative estimate of drug-likeness (QED) is 0.885. The first-order valence-electron chi connectivity index (χ1n) is 7.06. The van der Waals surface area contributed by atoms with Crippen LogP contribution in [0, 0.1) is 13.8 Å². The third kappa shape index (κ3) is 4.02. The van der Waals surface area contributed by atoms with Crippen LogP contribution in [0.15, 0.2) is 30.3 Å². The molecule has 0 fully saturated rings. The number of carbonyl (C=O) groups is 1. The summed E-state index contributed by atoms with van der Waals surface area (Å²) in [5, 5.41) is 6.01. The number of nitrogens with one attached hydrogen (secondary N) is 2. The second kappa shape index (κ2) is 6.83. The van der Waals surface area contributed by atoms with Gasteiger partial charge < -0.3 is 10.6 Å². The fraction of sp³-hybridized carbons (Fsp3) is 0.312. The van der Waals surface area contributed by atoms with Crippen molar-refractivity contribution in [1.29, 1.82) is 0 Å². The summed E-state index contributed by atoms with van der Waals surface area (Å²) in [6.07, 6.45) is 1.01. The van der Waals surface area contributed by atoms with Crippen LogP contribution >= 0.6 is 0 Å². The van der Waals surface area contributed by atoms with E-state index < -0.39 is 0 Å². The highest BCUT2D eigenvalue weighted by Crippen LogP contribution is 2.14. The van der Waals surface area contributed by atoms with Crippen LogP contribution in [0.4, 0.5) is 11.5 Å². The van der Waals surface area contributed by atoms with E-state index in [0.29, 0.717) is 17.2 Å². The molecule has 1 amide bonds.